The van der Waals surface area contributed by atoms with Gasteiger partial charge in [-0.25, -0.2) is 0 Å². The maximum absolute atomic E-state index is 13.7. The molecule has 0 saturated carbocycles. The minimum Gasteiger partial charge on any atom is -0.496 e. The lowest BCUT2D eigenvalue weighted by atomic mass is 9.93. The van der Waals surface area contributed by atoms with E-state index in [4.69, 9.17) is 9.47 Å². The van der Waals surface area contributed by atoms with Crippen molar-refractivity contribution in [2.24, 2.45) is 0 Å². The maximum atomic E-state index is 13.7. The number of ether oxygens (including phenoxy) is 4. The van der Waals surface area contributed by atoms with E-state index < -0.39 is 81.5 Å². The summed E-state index contributed by atoms with van der Waals surface area (Å²) in [6.07, 6.45) is -20.8. The monoisotopic (exact) mass is 594 g/mol. The van der Waals surface area contributed by atoms with Gasteiger partial charge in [0.2, 0.25) is 0 Å². The van der Waals surface area contributed by atoms with E-state index in [9.17, 15) is 52.7 Å². The van der Waals surface area contributed by atoms with Crippen LogP contribution in [0.4, 0.5) is 52.7 Å². The Kier molecular flexibility index (Phi) is 8.05. The maximum Gasteiger partial charge on any atom is 0.573 e. The van der Waals surface area contributed by atoms with E-state index in [1.54, 1.807) is 0 Å². The second kappa shape index (κ2) is 10.5. The molecule has 3 aromatic rings. The summed E-state index contributed by atoms with van der Waals surface area (Å²) in [4.78, 5) is 0. The smallest absolute Gasteiger partial charge is 0.496 e. The van der Waals surface area contributed by atoms with Crippen LogP contribution in [-0.4, -0.2) is 26.9 Å². The highest BCUT2D eigenvalue weighted by molar-refractivity contribution is 5.85. The molecule has 0 amide bonds. The van der Waals surface area contributed by atoms with E-state index >= 15 is 0 Å². The summed E-state index contributed by atoms with van der Waals surface area (Å²) in [5.41, 5.74) is -5.85. The van der Waals surface area contributed by atoms with Gasteiger partial charge in [0, 0.05) is 16.7 Å². The van der Waals surface area contributed by atoms with E-state index in [1.165, 1.54) is 0 Å². The van der Waals surface area contributed by atoms with Crippen LogP contribution < -0.4 is 18.9 Å². The van der Waals surface area contributed by atoms with Crippen LogP contribution >= 0.6 is 0 Å². The molecular weight excluding hydrogens is 580 g/mol. The van der Waals surface area contributed by atoms with Gasteiger partial charge in [0.25, 0.3) is 0 Å². The van der Waals surface area contributed by atoms with Crippen LogP contribution in [0.1, 0.15) is 11.1 Å². The molecule has 0 radical (unpaired) electrons. The molecule has 3 rings (SSSR count). The summed E-state index contributed by atoms with van der Waals surface area (Å²) < 4.78 is 176. The molecule has 3 aromatic carbocycles. The zero-order valence-electron chi connectivity index (χ0n) is 19.8. The average molecular weight is 594 g/mol. The van der Waals surface area contributed by atoms with Crippen LogP contribution in [0, 0.1) is 0 Å². The van der Waals surface area contributed by atoms with Gasteiger partial charge in [0.15, 0.2) is 0 Å². The molecule has 16 heteroatoms. The number of benzene rings is 3. The zero-order chi connectivity index (χ0) is 30.3. The van der Waals surface area contributed by atoms with Crippen LogP contribution in [0.2, 0.25) is 0 Å². The van der Waals surface area contributed by atoms with Gasteiger partial charge in [-0.05, 0) is 54.1 Å². The Morgan fingerprint density at radius 3 is 1.43 bits per heavy atom. The molecule has 0 atom stereocenters. The first-order valence-corrected chi connectivity index (χ1v) is 10.4. The van der Waals surface area contributed by atoms with E-state index in [0.717, 1.165) is 26.4 Å². The number of halogens is 12. The molecule has 0 aliphatic carbocycles. The molecule has 0 N–H and O–H groups in total. The lowest BCUT2D eigenvalue weighted by molar-refractivity contribution is -0.276. The Balaban J connectivity index is 2.35. The molecule has 0 aromatic heterocycles. The lowest BCUT2D eigenvalue weighted by Crippen LogP contribution is -2.19. The van der Waals surface area contributed by atoms with E-state index in [2.05, 4.69) is 9.47 Å². The van der Waals surface area contributed by atoms with Gasteiger partial charge < -0.3 is 18.9 Å². The number of hydrogen-bond donors (Lipinski definition) is 0. The van der Waals surface area contributed by atoms with E-state index in [1.807, 2.05) is 0 Å². The number of methoxy groups -OCH3 is 2. The molecule has 4 nitrogen and oxygen atoms in total. The second-order valence-corrected chi connectivity index (χ2v) is 7.76. The first-order chi connectivity index (χ1) is 18.2. The third kappa shape index (κ3) is 7.15. The SMILES string of the molecule is COc1cc(-c2cc(C(F)(F)F)ccc2C(F)(F)F)c(OC)cc1-c1cc(OC(F)(F)F)ccc1OC(F)(F)F. The normalized spacial score (nSPS) is 12.8. The number of hydrogen-bond acceptors (Lipinski definition) is 4. The minimum atomic E-state index is -5.34. The summed E-state index contributed by atoms with van der Waals surface area (Å²) in [5.74, 6) is -3.22. The van der Waals surface area contributed by atoms with Crippen molar-refractivity contribution in [2.45, 2.75) is 25.1 Å². The zero-order valence-corrected chi connectivity index (χ0v) is 19.8. The Labute approximate surface area is 216 Å². The highest BCUT2D eigenvalue weighted by atomic mass is 19.4. The molecule has 40 heavy (non-hydrogen) atoms. The van der Waals surface area contributed by atoms with Gasteiger partial charge in [0.05, 0.1) is 25.3 Å². The van der Waals surface area contributed by atoms with Crippen molar-refractivity contribution in [1.29, 1.82) is 0 Å². The molecule has 0 unspecified atom stereocenters. The molecule has 0 heterocycles. The molecular formula is C24H14F12O4. The molecule has 0 fully saturated rings. The van der Waals surface area contributed by atoms with Crippen molar-refractivity contribution in [1.82, 2.24) is 0 Å². The van der Waals surface area contributed by atoms with Gasteiger partial charge in [-0.1, -0.05) is 0 Å². The van der Waals surface area contributed by atoms with Crippen molar-refractivity contribution in [3.05, 3.63) is 59.7 Å². The first kappa shape index (κ1) is 30.6. The topological polar surface area (TPSA) is 36.9 Å². The van der Waals surface area contributed by atoms with Crippen LogP contribution in [0.25, 0.3) is 22.3 Å². The Hall–Kier alpha value is -3.98. The van der Waals surface area contributed by atoms with E-state index in [-0.39, 0.29) is 18.2 Å². The molecule has 0 bridgehead atoms. The predicted octanol–water partition coefficient (Wildman–Crippen LogP) is 8.87. The van der Waals surface area contributed by atoms with Crippen molar-refractivity contribution < 1.29 is 71.6 Å². The molecule has 0 spiro atoms. The lowest BCUT2D eigenvalue weighted by Gasteiger charge is -2.21. The standard InChI is InChI=1S/C24H14F12O4/c1-37-19-10-16(14-8-12(39-23(31,32)33)4-6-18(14)40-24(34,35)36)20(38-2)9-15(19)13-7-11(21(25,26)27)3-5-17(13)22(28,29)30/h3-10H,1-2H3. The Bertz CT molecular complexity index is 1370. The fraction of sp³-hybridized carbons (Fsp3) is 0.250. The Morgan fingerprint density at radius 2 is 0.975 bits per heavy atom. The van der Waals surface area contributed by atoms with Gasteiger partial charge >= 0.3 is 25.1 Å². The van der Waals surface area contributed by atoms with Crippen LogP contribution in [0.5, 0.6) is 23.0 Å². The predicted molar refractivity (Wildman–Crippen MR) is 114 cm³/mol. The first-order valence-electron chi connectivity index (χ1n) is 10.4. The Morgan fingerprint density at radius 1 is 0.475 bits per heavy atom. The van der Waals surface area contributed by atoms with Gasteiger partial charge in [0.1, 0.15) is 23.0 Å². The fourth-order valence-corrected chi connectivity index (χ4v) is 3.64. The van der Waals surface area contributed by atoms with Crippen LogP contribution in [-0.2, 0) is 12.4 Å². The number of rotatable bonds is 6. The van der Waals surface area contributed by atoms with Gasteiger partial charge in [-0.2, -0.15) is 26.3 Å². The largest absolute Gasteiger partial charge is 0.573 e. The average Bonchev–Trinajstić information content (AvgIpc) is 2.80. The van der Waals surface area contributed by atoms with Crippen molar-refractivity contribution >= 4 is 0 Å². The summed E-state index contributed by atoms with van der Waals surface area (Å²) in [6.45, 7) is 0. The highest BCUT2D eigenvalue weighted by Gasteiger charge is 2.39. The number of alkyl halides is 12. The van der Waals surface area contributed by atoms with Crippen LogP contribution in [0.3, 0.4) is 0 Å². The summed E-state index contributed by atoms with van der Waals surface area (Å²) >= 11 is 0. The molecule has 218 valence electrons. The van der Waals surface area contributed by atoms with Gasteiger partial charge in [-0.3, -0.25) is 0 Å². The van der Waals surface area contributed by atoms with Crippen molar-refractivity contribution in [3.63, 3.8) is 0 Å². The minimum absolute atomic E-state index is 0.186. The third-order valence-electron chi connectivity index (χ3n) is 5.16. The quantitative estimate of drug-likeness (QED) is 0.267. The third-order valence-corrected chi connectivity index (χ3v) is 5.16. The molecule has 0 aliphatic heterocycles. The van der Waals surface area contributed by atoms with Crippen LogP contribution in [0.15, 0.2) is 48.5 Å². The summed E-state index contributed by atoms with van der Waals surface area (Å²) in [7, 11) is 1.80. The second-order valence-electron chi connectivity index (χ2n) is 7.76. The fourth-order valence-electron chi connectivity index (χ4n) is 3.64. The summed E-state index contributed by atoms with van der Waals surface area (Å²) in [6, 6.07) is 3.56. The molecule has 0 saturated heterocycles. The van der Waals surface area contributed by atoms with Gasteiger partial charge in [-0.15, -0.1) is 26.3 Å². The highest BCUT2D eigenvalue weighted by Crippen LogP contribution is 2.49. The summed E-state index contributed by atoms with van der Waals surface area (Å²) in [5, 5.41) is 0. The van der Waals surface area contributed by atoms with Crippen molar-refractivity contribution in [3.8, 4) is 45.3 Å². The van der Waals surface area contributed by atoms with E-state index in [0.29, 0.717) is 18.2 Å². The molecule has 0 aliphatic rings. The van der Waals surface area contributed by atoms with Crippen molar-refractivity contribution in [2.75, 3.05) is 14.2 Å².